The van der Waals surface area contributed by atoms with Crippen molar-refractivity contribution in [1.82, 2.24) is 0 Å². The van der Waals surface area contributed by atoms with Gasteiger partial charge < -0.3 is 16.4 Å². The predicted octanol–water partition coefficient (Wildman–Crippen LogP) is 1.28. The standard InChI is InChI=1S/C13H19N3O/c1-9-3-4-10(14)7-11(9)16-6-5-13(2,8-16)12(15)17/h3-4,7H,5-6,8,14H2,1-2H3,(H2,15,17). The highest BCUT2D eigenvalue weighted by atomic mass is 16.1. The first-order chi connectivity index (χ1) is 7.92. The molecule has 1 fully saturated rings. The zero-order valence-corrected chi connectivity index (χ0v) is 10.4. The molecule has 0 bridgehead atoms. The second-order valence-electron chi connectivity index (χ2n) is 5.14. The molecule has 4 nitrogen and oxygen atoms in total. The molecule has 1 heterocycles. The summed E-state index contributed by atoms with van der Waals surface area (Å²) in [5, 5.41) is 0. The summed E-state index contributed by atoms with van der Waals surface area (Å²) in [4.78, 5) is 13.6. The molecular formula is C13H19N3O. The van der Waals surface area contributed by atoms with Crippen LogP contribution in [0.2, 0.25) is 0 Å². The Labute approximate surface area is 102 Å². The van der Waals surface area contributed by atoms with Crippen LogP contribution >= 0.6 is 0 Å². The van der Waals surface area contributed by atoms with Gasteiger partial charge in [0.1, 0.15) is 0 Å². The summed E-state index contributed by atoms with van der Waals surface area (Å²) < 4.78 is 0. The third kappa shape index (κ3) is 2.07. The van der Waals surface area contributed by atoms with Gasteiger partial charge in [-0.15, -0.1) is 0 Å². The van der Waals surface area contributed by atoms with Gasteiger partial charge in [0.25, 0.3) is 0 Å². The van der Waals surface area contributed by atoms with E-state index in [1.165, 1.54) is 5.56 Å². The van der Waals surface area contributed by atoms with Gasteiger partial charge in [0.15, 0.2) is 0 Å². The average Bonchev–Trinajstić information content (AvgIpc) is 2.66. The summed E-state index contributed by atoms with van der Waals surface area (Å²) in [5.41, 5.74) is 13.9. The molecule has 0 radical (unpaired) electrons. The Morgan fingerprint density at radius 2 is 2.18 bits per heavy atom. The molecule has 92 valence electrons. The molecule has 2 rings (SSSR count). The lowest BCUT2D eigenvalue weighted by molar-refractivity contribution is -0.125. The highest BCUT2D eigenvalue weighted by molar-refractivity contribution is 5.82. The fourth-order valence-electron chi connectivity index (χ4n) is 2.33. The number of hydrogen-bond acceptors (Lipinski definition) is 3. The maximum Gasteiger partial charge on any atom is 0.225 e. The number of hydrogen-bond donors (Lipinski definition) is 2. The van der Waals surface area contributed by atoms with Gasteiger partial charge >= 0.3 is 0 Å². The number of primary amides is 1. The molecule has 1 aliphatic rings. The first kappa shape index (κ1) is 11.8. The van der Waals surface area contributed by atoms with Gasteiger partial charge in [0, 0.05) is 24.5 Å². The van der Waals surface area contributed by atoms with Crippen molar-refractivity contribution in [2.24, 2.45) is 11.1 Å². The molecule has 0 saturated carbocycles. The molecule has 4 N–H and O–H groups in total. The normalized spacial score (nSPS) is 24.0. The van der Waals surface area contributed by atoms with E-state index in [-0.39, 0.29) is 5.91 Å². The van der Waals surface area contributed by atoms with Gasteiger partial charge in [-0.25, -0.2) is 0 Å². The number of rotatable bonds is 2. The highest BCUT2D eigenvalue weighted by Crippen LogP contribution is 2.34. The quantitative estimate of drug-likeness (QED) is 0.756. The van der Waals surface area contributed by atoms with Crippen molar-refractivity contribution in [3.8, 4) is 0 Å². The van der Waals surface area contributed by atoms with Crippen LogP contribution in [0.15, 0.2) is 18.2 Å². The minimum atomic E-state index is -0.420. The molecule has 0 spiro atoms. The molecule has 1 amide bonds. The van der Waals surface area contributed by atoms with Gasteiger partial charge in [-0.1, -0.05) is 6.07 Å². The summed E-state index contributed by atoms with van der Waals surface area (Å²) in [7, 11) is 0. The maximum atomic E-state index is 11.4. The molecular weight excluding hydrogens is 214 g/mol. The van der Waals surface area contributed by atoms with Crippen LogP contribution in [0.3, 0.4) is 0 Å². The number of carbonyl (C=O) groups excluding carboxylic acids is 1. The summed E-state index contributed by atoms with van der Waals surface area (Å²) in [6.07, 6.45) is 0.802. The third-order valence-electron chi connectivity index (χ3n) is 3.64. The van der Waals surface area contributed by atoms with E-state index in [0.29, 0.717) is 6.54 Å². The lowest BCUT2D eigenvalue weighted by Crippen LogP contribution is -2.37. The fourth-order valence-corrected chi connectivity index (χ4v) is 2.33. The SMILES string of the molecule is Cc1ccc(N)cc1N1CCC(C)(C(N)=O)C1. The van der Waals surface area contributed by atoms with Crippen LogP contribution in [0.4, 0.5) is 11.4 Å². The third-order valence-corrected chi connectivity index (χ3v) is 3.64. The molecule has 1 aliphatic heterocycles. The zero-order valence-electron chi connectivity index (χ0n) is 10.4. The summed E-state index contributed by atoms with van der Waals surface area (Å²) >= 11 is 0. The molecule has 1 aromatic carbocycles. The van der Waals surface area contributed by atoms with Crippen LogP contribution in [0.5, 0.6) is 0 Å². The van der Waals surface area contributed by atoms with Crippen molar-refractivity contribution in [3.05, 3.63) is 23.8 Å². The van der Waals surface area contributed by atoms with E-state index < -0.39 is 5.41 Å². The zero-order chi connectivity index (χ0) is 12.6. The number of anilines is 2. The number of carbonyl (C=O) groups is 1. The van der Waals surface area contributed by atoms with E-state index in [0.717, 1.165) is 24.3 Å². The van der Waals surface area contributed by atoms with Gasteiger partial charge in [-0.05, 0) is 38.0 Å². The van der Waals surface area contributed by atoms with E-state index in [1.54, 1.807) is 0 Å². The maximum absolute atomic E-state index is 11.4. The van der Waals surface area contributed by atoms with E-state index >= 15 is 0 Å². The van der Waals surface area contributed by atoms with Crippen molar-refractivity contribution < 1.29 is 4.79 Å². The summed E-state index contributed by atoms with van der Waals surface area (Å²) in [6, 6.07) is 5.86. The summed E-state index contributed by atoms with van der Waals surface area (Å²) in [5.74, 6) is -0.221. The monoisotopic (exact) mass is 233 g/mol. The van der Waals surface area contributed by atoms with Crippen LogP contribution in [0, 0.1) is 12.3 Å². The molecule has 0 aromatic heterocycles. The first-order valence-electron chi connectivity index (χ1n) is 5.83. The molecule has 1 unspecified atom stereocenters. The Morgan fingerprint density at radius 1 is 1.47 bits per heavy atom. The van der Waals surface area contributed by atoms with Crippen molar-refractivity contribution in [2.75, 3.05) is 23.7 Å². The largest absolute Gasteiger partial charge is 0.399 e. The first-order valence-corrected chi connectivity index (χ1v) is 5.83. The Balaban J connectivity index is 2.26. The van der Waals surface area contributed by atoms with Crippen LogP contribution in [-0.4, -0.2) is 19.0 Å². The molecule has 1 aromatic rings. The number of nitrogen functional groups attached to an aromatic ring is 1. The van der Waals surface area contributed by atoms with Crippen LogP contribution in [0.1, 0.15) is 18.9 Å². The van der Waals surface area contributed by atoms with Crippen molar-refractivity contribution in [3.63, 3.8) is 0 Å². The average molecular weight is 233 g/mol. The minimum Gasteiger partial charge on any atom is -0.399 e. The molecule has 4 heteroatoms. The topological polar surface area (TPSA) is 72.3 Å². The van der Waals surface area contributed by atoms with Crippen molar-refractivity contribution in [2.45, 2.75) is 20.3 Å². The number of nitrogens with zero attached hydrogens (tertiary/aromatic N) is 1. The van der Waals surface area contributed by atoms with Crippen LogP contribution in [-0.2, 0) is 4.79 Å². The van der Waals surface area contributed by atoms with Gasteiger partial charge in [0.05, 0.1) is 5.41 Å². The van der Waals surface area contributed by atoms with Gasteiger partial charge in [0.2, 0.25) is 5.91 Å². The molecule has 0 aliphatic carbocycles. The van der Waals surface area contributed by atoms with E-state index in [1.807, 2.05) is 25.1 Å². The van der Waals surface area contributed by atoms with Gasteiger partial charge in [-0.2, -0.15) is 0 Å². The lowest BCUT2D eigenvalue weighted by Gasteiger charge is -2.24. The highest BCUT2D eigenvalue weighted by Gasteiger charge is 2.39. The predicted molar refractivity (Wildman–Crippen MR) is 69.7 cm³/mol. The fraction of sp³-hybridized carbons (Fsp3) is 0.462. The summed E-state index contributed by atoms with van der Waals surface area (Å²) in [6.45, 7) is 5.50. The van der Waals surface area contributed by atoms with Crippen molar-refractivity contribution in [1.29, 1.82) is 0 Å². The van der Waals surface area contributed by atoms with Crippen LogP contribution in [0.25, 0.3) is 0 Å². The minimum absolute atomic E-state index is 0.221. The second-order valence-corrected chi connectivity index (χ2v) is 5.14. The smallest absolute Gasteiger partial charge is 0.225 e. The second kappa shape index (κ2) is 3.95. The lowest BCUT2D eigenvalue weighted by atomic mass is 9.89. The Kier molecular flexibility index (Phi) is 2.73. The number of amides is 1. The molecule has 1 atom stereocenters. The number of benzene rings is 1. The van der Waals surface area contributed by atoms with Crippen molar-refractivity contribution >= 4 is 17.3 Å². The van der Waals surface area contributed by atoms with E-state index in [4.69, 9.17) is 11.5 Å². The number of nitrogens with two attached hydrogens (primary N) is 2. The number of aryl methyl sites for hydroxylation is 1. The van der Waals surface area contributed by atoms with Crippen LogP contribution < -0.4 is 16.4 Å². The van der Waals surface area contributed by atoms with Gasteiger partial charge in [-0.3, -0.25) is 4.79 Å². The Morgan fingerprint density at radius 3 is 2.76 bits per heavy atom. The molecule has 1 saturated heterocycles. The Hall–Kier alpha value is -1.71. The Bertz CT molecular complexity index is 458. The van der Waals surface area contributed by atoms with E-state index in [9.17, 15) is 4.79 Å². The van der Waals surface area contributed by atoms with E-state index in [2.05, 4.69) is 11.8 Å². The molecule has 17 heavy (non-hydrogen) atoms.